The number of fused-ring (bicyclic) bond motifs is 1. The summed E-state index contributed by atoms with van der Waals surface area (Å²) < 4.78 is 11.7. The predicted molar refractivity (Wildman–Crippen MR) is 135 cm³/mol. The molecule has 7 nitrogen and oxygen atoms in total. The smallest absolute Gasteiger partial charge is 0.163 e. The van der Waals surface area contributed by atoms with Crippen molar-refractivity contribution in [2.75, 3.05) is 25.1 Å². The summed E-state index contributed by atoms with van der Waals surface area (Å²) in [6.07, 6.45) is 0. The lowest BCUT2D eigenvalue weighted by molar-refractivity contribution is 0.288. The van der Waals surface area contributed by atoms with E-state index in [0.717, 1.165) is 45.2 Å². The molecule has 0 saturated heterocycles. The first-order chi connectivity index (χ1) is 16.1. The van der Waals surface area contributed by atoms with Crippen LogP contribution in [0.4, 0.5) is 11.5 Å². The van der Waals surface area contributed by atoms with E-state index in [9.17, 15) is 0 Å². The molecule has 0 bridgehead atoms. The Labute approximate surface area is 198 Å². The van der Waals surface area contributed by atoms with Gasteiger partial charge in [0.05, 0.1) is 36.0 Å². The number of nitrogens with zero attached hydrogens (tertiary/aromatic N) is 3. The number of aromatic nitrogens is 3. The van der Waals surface area contributed by atoms with Crippen LogP contribution in [0.25, 0.3) is 22.2 Å². The highest BCUT2D eigenvalue weighted by atomic mass is 32.1. The number of aryl methyl sites for hydroxylation is 1. The molecule has 0 unspecified atom stereocenters. The second-order valence-electron chi connectivity index (χ2n) is 7.41. The van der Waals surface area contributed by atoms with E-state index in [2.05, 4.69) is 40.1 Å². The van der Waals surface area contributed by atoms with Gasteiger partial charge >= 0.3 is 0 Å². The van der Waals surface area contributed by atoms with Crippen molar-refractivity contribution in [1.82, 2.24) is 20.3 Å². The average Bonchev–Trinajstić information content (AvgIpc) is 3.25. The third-order valence-corrected chi connectivity index (χ3v) is 5.75. The molecule has 8 heteroatoms. The highest BCUT2D eigenvalue weighted by molar-refractivity contribution is 7.09. The van der Waals surface area contributed by atoms with Gasteiger partial charge in [0.2, 0.25) is 0 Å². The van der Waals surface area contributed by atoms with E-state index in [-0.39, 0.29) is 0 Å². The zero-order valence-electron chi connectivity index (χ0n) is 19.4. The Morgan fingerprint density at radius 2 is 1.73 bits per heavy atom. The Morgan fingerprint density at radius 3 is 2.42 bits per heavy atom. The van der Waals surface area contributed by atoms with E-state index in [1.165, 1.54) is 0 Å². The molecule has 2 aromatic carbocycles. The van der Waals surface area contributed by atoms with E-state index >= 15 is 0 Å². The molecule has 0 amide bonds. The fourth-order valence-electron chi connectivity index (χ4n) is 3.52. The lowest BCUT2D eigenvalue weighted by Crippen LogP contribution is -2.15. The van der Waals surface area contributed by atoms with Crippen molar-refractivity contribution < 1.29 is 9.47 Å². The molecule has 0 atom stereocenters. The number of anilines is 2. The fourth-order valence-corrected chi connectivity index (χ4v) is 4.14. The summed E-state index contributed by atoms with van der Waals surface area (Å²) in [7, 11) is 0. The summed E-state index contributed by atoms with van der Waals surface area (Å²) in [6, 6.07) is 12.1. The normalized spacial score (nSPS) is 11.0. The minimum Gasteiger partial charge on any atom is -0.490 e. The van der Waals surface area contributed by atoms with Crippen LogP contribution in [0.1, 0.15) is 31.6 Å². The van der Waals surface area contributed by atoms with Gasteiger partial charge in [-0.2, -0.15) is 0 Å². The van der Waals surface area contributed by atoms with Crippen molar-refractivity contribution in [3.05, 3.63) is 52.6 Å². The molecule has 0 saturated carbocycles. The lowest BCUT2D eigenvalue weighted by atomic mass is 10.1. The Hall–Kier alpha value is -3.23. The number of hydrogen-bond acceptors (Lipinski definition) is 8. The van der Waals surface area contributed by atoms with E-state index < -0.39 is 0 Å². The van der Waals surface area contributed by atoms with Crippen LogP contribution in [-0.2, 0) is 6.54 Å². The first-order valence-corrected chi connectivity index (χ1v) is 12.1. The highest BCUT2D eigenvalue weighted by Crippen LogP contribution is 2.36. The summed E-state index contributed by atoms with van der Waals surface area (Å²) in [4.78, 5) is 14.2. The van der Waals surface area contributed by atoms with Gasteiger partial charge in [0, 0.05) is 28.1 Å². The predicted octanol–water partition coefficient (Wildman–Crippen LogP) is 5.71. The summed E-state index contributed by atoms with van der Waals surface area (Å²) in [6.45, 7) is 10.5. The number of ether oxygens (including phenoxy) is 2. The molecule has 4 aromatic rings. The quantitative estimate of drug-likeness (QED) is 0.312. The Bertz CT molecular complexity index is 1240. The summed E-state index contributed by atoms with van der Waals surface area (Å²) >= 11 is 1.65. The molecule has 4 rings (SSSR count). The maximum Gasteiger partial charge on any atom is 0.163 e. The van der Waals surface area contributed by atoms with Crippen molar-refractivity contribution >= 4 is 33.7 Å². The Balaban J connectivity index is 1.78. The van der Waals surface area contributed by atoms with Crippen molar-refractivity contribution in [2.45, 2.75) is 34.2 Å². The van der Waals surface area contributed by atoms with Gasteiger partial charge in [-0.1, -0.05) is 19.1 Å². The third kappa shape index (κ3) is 5.40. The number of nitrogens with one attached hydrogen (secondary N) is 2. The van der Waals surface area contributed by atoms with Crippen LogP contribution in [0.3, 0.4) is 0 Å². The zero-order valence-corrected chi connectivity index (χ0v) is 20.3. The van der Waals surface area contributed by atoms with E-state index in [1.807, 2.05) is 45.0 Å². The monoisotopic (exact) mass is 463 g/mol. The van der Waals surface area contributed by atoms with Crippen molar-refractivity contribution in [3.8, 4) is 22.8 Å². The first kappa shape index (κ1) is 22.9. The Morgan fingerprint density at radius 1 is 0.939 bits per heavy atom. The third-order valence-electron chi connectivity index (χ3n) is 4.98. The average molecular weight is 464 g/mol. The molecule has 0 fully saturated rings. The number of rotatable bonds is 10. The fraction of sp³-hybridized carbons (Fsp3) is 0.320. The van der Waals surface area contributed by atoms with E-state index in [4.69, 9.17) is 19.4 Å². The molecule has 2 N–H and O–H groups in total. The molecule has 0 aliphatic carbocycles. The van der Waals surface area contributed by atoms with Gasteiger partial charge in [-0.05, 0) is 45.5 Å². The van der Waals surface area contributed by atoms with Crippen molar-refractivity contribution in [1.29, 1.82) is 0 Å². The number of thiazole rings is 1. The van der Waals surface area contributed by atoms with Gasteiger partial charge in [0.15, 0.2) is 11.5 Å². The van der Waals surface area contributed by atoms with Gasteiger partial charge in [0.25, 0.3) is 0 Å². The topological polar surface area (TPSA) is 81.2 Å². The molecule has 2 heterocycles. The number of hydrogen-bond donors (Lipinski definition) is 2. The second kappa shape index (κ2) is 10.6. The summed E-state index contributed by atoms with van der Waals surface area (Å²) in [5.74, 6) is 2.81. The largest absolute Gasteiger partial charge is 0.490 e. The lowest BCUT2D eigenvalue weighted by Gasteiger charge is -2.15. The number of benzene rings is 2. The van der Waals surface area contributed by atoms with Crippen LogP contribution >= 0.6 is 11.3 Å². The minimum absolute atomic E-state index is 0.544. The Kier molecular flexibility index (Phi) is 7.36. The zero-order chi connectivity index (χ0) is 23.2. The SMILES string of the molecule is CCNCc1nc(Nc2cccc(-c3csc(C)n3)c2)c2cc(OCC)c(OCC)cc2n1. The van der Waals surface area contributed by atoms with Crippen LogP contribution in [0, 0.1) is 6.92 Å². The van der Waals surface area contributed by atoms with Gasteiger partial charge in [-0.25, -0.2) is 15.0 Å². The minimum atomic E-state index is 0.544. The van der Waals surface area contributed by atoms with Gasteiger partial charge < -0.3 is 20.1 Å². The van der Waals surface area contributed by atoms with Gasteiger partial charge in [0.1, 0.15) is 11.6 Å². The van der Waals surface area contributed by atoms with E-state index in [0.29, 0.717) is 37.1 Å². The molecule has 2 aromatic heterocycles. The van der Waals surface area contributed by atoms with E-state index in [1.54, 1.807) is 11.3 Å². The molecule has 0 spiro atoms. The van der Waals surface area contributed by atoms with Crippen molar-refractivity contribution in [2.24, 2.45) is 0 Å². The van der Waals surface area contributed by atoms with Gasteiger partial charge in [-0.3, -0.25) is 0 Å². The van der Waals surface area contributed by atoms with Crippen LogP contribution in [-0.4, -0.2) is 34.7 Å². The molecule has 0 radical (unpaired) electrons. The van der Waals surface area contributed by atoms with Gasteiger partial charge in [-0.15, -0.1) is 11.3 Å². The molecule has 33 heavy (non-hydrogen) atoms. The van der Waals surface area contributed by atoms with Crippen LogP contribution in [0.2, 0.25) is 0 Å². The maximum absolute atomic E-state index is 5.85. The summed E-state index contributed by atoms with van der Waals surface area (Å²) in [5, 5.41) is 10.8. The molecular weight excluding hydrogens is 434 g/mol. The van der Waals surface area contributed by atoms with Crippen LogP contribution in [0.15, 0.2) is 41.8 Å². The van der Waals surface area contributed by atoms with Crippen LogP contribution < -0.4 is 20.1 Å². The first-order valence-electron chi connectivity index (χ1n) is 11.2. The molecular formula is C25H29N5O2S. The highest BCUT2D eigenvalue weighted by Gasteiger charge is 2.15. The molecule has 0 aliphatic heterocycles. The standard InChI is InChI=1S/C25H29N5O2S/c1-5-26-14-24-29-20-13-23(32-7-3)22(31-6-2)12-19(20)25(30-24)28-18-10-8-9-17(11-18)21-15-33-16(4)27-21/h8-13,15,26H,5-7,14H2,1-4H3,(H,28,29,30). The van der Waals surface area contributed by atoms with Crippen LogP contribution in [0.5, 0.6) is 11.5 Å². The van der Waals surface area contributed by atoms with Crippen molar-refractivity contribution in [3.63, 3.8) is 0 Å². The second-order valence-corrected chi connectivity index (χ2v) is 8.47. The maximum atomic E-state index is 5.85. The molecule has 0 aliphatic rings. The molecule has 172 valence electrons. The summed E-state index contributed by atoms with van der Waals surface area (Å²) in [5.41, 5.74) is 3.77.